The number of hydrogen-bond donors (Lipinski definition) is 1. The van der Waals surface area contributed by atoms with Gasteiger partial charge in [0.25, 0.3) is 11.6 Å². The Hall–Kier alpha value is -2.41. The number of amides is 1. The van der Waals surface area contributed by atoms with E-state index >= 15 is 0 Å². The van der Waals surface area contributed by atoms with Gasteiger partial charge in [0.1, 0.15) is 5.75 Å². The van der Waals surface area contributed by atoms with Crippen molar-refractivity contribution in [1.29, 1.82) is 0 Å². The molecule has 0 spiro atoms. The molecule has 1 atom stereocenters. The highest BCUT2D eigenvalue weighted by Crippen LogP contribution is 2.19. The van der Waals surface area contributed by atoms with Gasteiger partial charge in [0.05, 0.1) is 4.92 Å². The Morgan fingerprint density at radius 3 is 2.59 bits per heavy atom. The molecule has 7 heteroatoms. The molecule has 0 saturated carbocycles. The molecule has 0 aliphatic heterocycles. The average molecular weight is 365 g/mol. The van der Waals surface area contributed by atoms with E-state index in [9.17, 15) is 14.9 Å². The summed E-state index contributed by atoms with van der Waals surface area (Å²) in [5.41, 5.74) is 0.268. The molecule has 0 saturated heterocycles. The second-order valence-electron chi connectivity index (χ2n) is 4.51. The highest BCUT2D eigenvalue weighted by atomic mass is 79.9. The Morgan fingerprint density at radius 2 is 1.95 bits per heavy atom. The topological polar surface area (TPSA) is 81.5 Å². The summed E-state index contributed by atoms with van der Waals surface area (Å²) in [6.45, 7) is 1.61. The van der Waals surface area contributed by atoms with Gasteiger partial charge in [-0.05, 0) is 37.3 Å². The minimum absolute atomic E-state index is 0.0840. The van der Waals surface area contributed by atoms with Crippen LogP contribution in [0.1, 0.15) is 6.92 Å². The normalized spacial score (nSPS) is 11.5. The third-order valence-corrected chi connectivity index (χ3v) is 3.35. The molecule has 0 aliphatic carbocycles. The molecule has 0 radical (unpaired) electrons. The van der Waals surface area contributed by atoms with Crippen LogP contribution in [-0.2, 0) is 4.79 Å². The van der Waals surface area contributed by atoms with E-state index in [2.05, 4.69) is 21.2 Å². The fraction of sp³-hybridized carbons (Fsp3) is 0.133. The molecule has 0 fully saturated rings. The quantitative estimate of drug-likeness (QED) is 0.646. The number of hydrogen-bond acceptors (Lipinski definition) is 4. The zero-order chi connectivity index (χ0) is 16.1. The third kappa shape index (κ3) is 4.29. The fourth-order valence-corrected chi connectivity index (χ4v) is 1.98. The second kappa shape index (κ2) is 7.04. The largest absolute Gasteiger partial charge is 0.481 e. The Morgan fingerprint density at radius 1 is 1.27 bits per heavy atom. The van der Waals surface area contributed by atoms with Gasteiger partial charge in [-0.3, -0.25) is 14.9 Å². The number of carbonyl (C=O) groups excluding carboxylic acids is 1. The van der Waals surface area contributed by atoms with Gasteiger partial charge in [-0.25, -0.2) is 0 Å². The molecule has 1 amide bonds. The number of carbonyl (C=O) groups is 1. The maximum Gasteiger partial charge on any atom is 0.271 e. The summed E-state index contributed by atoms with van der Waals surface area (Å²) in [5, 5.41) is 13.3. The molecular formula is C15H13BrN2O4. The zero-order valence-electron chi connectivity index (χ0n) is 11.7. The van der Waals surface area contributed by atoms with E-state index in [0.29, 0.717) is 11.4 Å². The van der Waals surface area contributed by atoms with E-state index < -0.39 is 11.0 Å². The van der Waals surface area contributed by atoms with E-state index in [0.717, 1.165) is 4.47 Å². The molecule has 0 aromatic heterocycles. The summed E-state index contributed by atoms with van der Waals surface area (Å²) in [5.74, 6) is 0.174. The van der Waals surface area contributed by atoms with Crippen LogP contribution in [0.2, 0.25) is 0 Å². The Balaban J connectivity index is 2.00. The van der Waals surface area contributed by atoms with Crippen LogP contribution in [-0.4, -0.2) is 16.9 Å². The van der Waals surface area contributed by atoms with Crippen molar-refractivity contribution in [2.75, 3.05) is 5.32 Å². The van der Waals surface area contributed by atoms with Gasteiger partial charge in [0.15, 0.2) is 6.10 Å². The van der Waals surface area contributed by atoms with Gasteiger partial charge >= 0.3 is 0 Å². The molecule has 2 aromatic carbocycles. The highest BCUT2D eigenvalue weighted by molar-refractivity contribution is 9.10. The Labute approximate surface area is 135 Å². The standard InChI is InChI=1S/C15H13BrN2O4/c1-10(22-14-7-5-11(16)6-8-14)15(19)17-12-3-2-4-13(9-12)18(20)21/h2-10H,1H3,(H,17,19). The predicted octanol–water partition coefficient (Wildman–Crippen LogP) is 3.76. The lowest BCUT2D eigenvalue weighted by Gasteiger charge is -2.14. The van der Waals surface area contributed by atoms with E-state index in [-0.39, 0.29) is 11.6 Å². The van der Waals surface area contributed by atoms with Gasteiger partial charge in [0, 0.05) is 22.3 Å². The summed E-state index contributed by atoms with van der Waals surface area (Å²) in [7, 11) is 0. The van der Waals surface area contributed by atoms with E-state index in [4.69, 9.17) is 4.74 Å². The number of ether oxygens (including phenoxy) is 1. The molecule has 0 bridgehead atoms. The third-order valence-electron chi connectivity index (χ3n) is 2.82. The minimum atomic E-state index is -0.736. The van der Waals surface area contributed by atoms with Crippen molar-refractivity contribution < 1.29 is 14.5 Å². The zero-order valence-corrected chi connectivity index (χ0v) is 13.2. The number of nitrogens with one attached hydrogen (secondary N) is 1. The van der Waals surface area contributed by atoms with Crippen LogP contribution in [0.3, 0.4) is 0 Å². The number of nitro groups is 1. The van der Waals surface area contributed by atoms with E-state index in [1.165, 1.54) is 18.2 Å². The first-order valence-corrected chi connectivity index (χ1v) is 7.22. The maximum atomic E-state index is 12.0. The lowest BCUT2D eigenvalue weighted by Crippen LogP contribution is -2.30. The molecule has 22 heavy (non-hydrogen) atoms. The van der Waals surface area contributed by atoms with Gasteiger partial charge in [-0.2, -0.15) is 0 Å². The summed E-state index contributed by atoms with van der Waals surface area (Å²) in [4.78, 5) is 22.2. The highest BCUT2D eigenvalue weighted by Gasteiger charge is 2.16. The second-order valence-corrected chi connectivity index (χ2v) is 5.43. The smallest absolute Gasteiger partial charge is 0.271 e. The Bertz CT molecular complexity index is 688. The van der Waals surface area contributed by atoms with Crippen molar-refractivity contribution in [1.82, 2.24) is 0 Å². The molecule has 2 aromatic rings. The molecule has 0 aliphatic rings. The van der Waals surface area contributed by atoms with Gasteiger partial charge in [-0.1, -0.05) is 22.0 Å². The van der Waals surface area contributed by atoms with Crippen molar-refractivity contribution in [3.63, 3.8) is 0 Å². The van der Waals surface area contributed by atoms with Crippen molar-refractivity contribution in [2.24, 2.45) is 0 Å². The van der Waals surface area contributed by atoms with Crippen LogP contribution >= 0.6 is 15.9 Å². The molecular weight excluding hydrogens is 352 g/mol. The molecule has 6 nitrogen and oxygen atoms in total. The van der Waals surface area contributed by atoms with Crippen LogP contribution in [0.25, 0.3) is 0 Å². The van der Waals surface area contributed by atoms with Crippen LogP contribution in [0, 0.1) is 10.1 Å². The first-order chi connectivity index (χ1) is 10.5. The van der Waals surface area contributed by atoms with E-state index in [1.807, 2.05) is 0 Å². The number of nitro benzene ring substituents is 1. The first kappa shape index (κ1) is 16.0. The van der Waals surface area contributed by atoms with Crippen molar-refractivity contribution in [2.45, 2.75) is 13.0 Å². The number of benzene rings is 2. The Kier molecular flexibility index (Phi) is 5.11. The van der Waals surface area contributed by atoms with Crippen molar-refractivity contribution >= 4 is 33.2 Å². The molecule has 1 N–H and O–H groups in total. The predicted molar refractivity (Wildman–Crippen MR) is 86.0 cm³/mol. The first-order valence-electron chi connectivity index (χ1n) is 6.43. The number of rotatable bonds is 5. The average Bonchev–Trinajstić information content (AvgIpc) is 2.49. The van der Waals surface area contributed by atoms with Crippen LogP contribution in [0.5, 0.6) is 5.75 Å². The number of nitrogens with zero attached hydrogens (tertiary/aromatic N) is 1. The molecule has 0 heterocycles. The van der Waals surface area contributed by atoms with Crippen molar-refractivity contribution in [3.8, 4) is 5.75 Å². The van der Waals surface area contributed by atoms with Gasteiger partial charge < -0.3 is 10.1 Å². The molecule has 1 unspecified atom stereocenters. The van der Waals surface area contributed by atoms with Crippen LogP contribution < -0.4 is 10.1 Å². The lowest BCUT2D eigenvalue weighted by atomic mass is 10.2. The summed E-state index contributed by atoms with van der Waals surface area (Å²) >= 11 is 3.31. The number of non-ortho nitro benzene ring substituents is 1. The fourth-order valence-electron chi connectivity index (χ4n) is 1.71. The molecule has 114 valence electrons. The summed E-state index contributed by atoms with van der Waals surface area (Å²) in [6, 6.07) is 12.8. The van der Waals surface area contributed by atoms with Gasteiger partial charge in [-0.15, -0.1) is 0 Å². The summed E-state index contributed by atoms with van der Waals surface area (Å²) in [6.07, 6.45) is -0.736. The number of halogens is 1. The minimum Gasteiger partial charge on any atom is -0.481 e. The number of anilines is 1. The summed E-state index contributed by atoms with van der Waals surface area (Å²) < 4.78 is 6.42. The van der Waals surface area contributed by atoms with Crippen LogP contribution in [0.15, 0.2) is 53.0 Å². The molecule has 2 rings (SSSR count). The van der Waals surface area contributed by atoms with Crippen molar-refractivity contribution in [3.05, 3.63) is 63.1 Å². The lowest BCUT2D eigenvalue weighted by molar-refractivity contribution is -0.384. The van der Waals surface area contributed by atoms with Crippen LogP contribution in [0.4, 0.5) is 11.4 Å². The van der Waals surface area contributed by atoms with E-state index in [1.54, 1.807) is 37.3 Å². The monoisotopic (exact) mass is 364 g/mol. The van der Waals surface area contributed by atoms with Gasteiger partial charge in [0.2, 0.25) is 0 Å². The SMILES string of the molecule is CC(Oc1ccc(Br)cc1)C(=O)Nc1cccc([N+](=O)[O-])c1. The maximum absolute atomic E-state index is 12.0.